The van der Waals surface area contributed by atoms with Gasteiger partial charge in [-0.1, -0.05) is 207 Å². The Labute approximate surface area is 288 Å². The second kappa shape index (κ2) is 38.4. The van der Waals surface area contributed by atoms with Crippen LogP contribution in [0.2, 0.25) is 0 Å². The summed E-state index contributed by atoms with van der Waals surface area (Å²) in [5.41, 5.74) is 0. The first-order chi connectivity index (χ1) is 22.6. The molecule has 0 fully saturated rings. The van der Waals surface area contributed by atoms with Crippen LogP contribution in [0.1, 0.15) is 245 Å². The van der Waals surface area contributed by atoms with Crippen LogP contribution in [0, 0.1) is 0 Å². The highest BCUT2D eigenvalue weighted by atomic mass is 16.6. The predicted octanol–water partition coefficient (Wildman–Crippen LogP) is 14.2. The molecule has 0 amide bonds. The van der Waals surface area contributed by atoms with Gasteiger partial charge in [0.1, 0.15) is 12.7 Å². The fraction of sp³-hybridized carbons (Fsp3) is 0.952. The molecule has 0 aromatic heterocycles. The van der Waals surface area contributed by atoms with Gasteiger partial charge in [0.2, 0.25) is 0 Å². The third kappa shape index (κ3) is 35.8. The number of carbonyl (C=O) groups is 2. The van der Waals surface area contributed by atoms with Gasteiger partial charge in [-0.05, 0) is 25.7 Å². The first-order valence-corrected chi connectivity index (χ1v) is 21.0. The van der Waals surface area contributed by atoms with E-state index in [-0.39, 0.29) is 24.6 Å². The first kappa shape index (κ1) is 44.9. The van der Waals surface area contributed by atoms with Crippen molar-refractivity contribution < 1.29 is 19.1 Å². The zero-order valence-electron chi connectivity index (χ0n) is 31.7. The standard InChI is InChI=1S/C42H82O4/c1-4-7-10-13-16-19-22-25-28-31-34-37-41(43)45-39-40(36-33-30-27-24-21-18-15-12-9-6-3)46-42(44)38-35-32-29-26-23-20-17-14-11-8-5-2/h40H,4-39H2,1-3H3. The highest BCUT2D eigenvalue weighted by Gasteiger charge is 2.17. The van der Waals surface area contributed by atoms with Gasteiger partial charge in [0, 0.05) is 12.8 Å². The Balaban J connectivity index is 4.17. The molecule has 0 aliphatic carbocycles. The molecule has 0 aliphatic heterocycles. The normalized spacial score (nSPS) is 12.0. The SMILES string of the molecule is CCCCCCCCCCCCCC(=O)OCC(CCCCCCCCCCCC)OC(=O)CCCCCCCCCCCCC. The van der Waals surface area contributed by atoms with Gasteiger partial charge in [-0.2, -0.15) is 0 Å². The van der Waals surface area contributed by atoms with Crippen molar-refractivity contribution >= 4 is 11.9 Å². The van der Waals surface area contributed by atoms with Crippen LogP contribution in [0.4, 0.5) is 0 Å². The Morgan fingerprint density at radius 3 is 1.00 bits per heavy atom. The summed E-state index contributed by atoms with van der Waals surface area (Å²) in [6.07, 6.45) is 42.3. The highest BCUT2D eigenvalue weighted by molar-refractivity contribution is 5.70. The second-order valence-electron chi connectivity index (χ2n) is 14.3. The fourth-order valence-corrected chi connectivity index (χ4v) is 6.41. The predicted molar refractivity (Wildman–Crippen MR) is 199 cm³/mol. The summed E-state index contributed by atoms with van der Waals surface area (Å²) in [4.78, 5) is 25.1. The molecule has 0 saturated heterocycles. The van der Waals surface area contributed by atoms with E-state index >= 15 is 0 Å². The fourth-order valence-electron chi connectivity index (χ4n) is 6.41. The number of hydrogen-bond donors (Lipinski definition) is 0. The average molecular weight is 651 g/mol. The largest absolute Gasteiger partial charge is 0.462 e. The topological polar surface area (TPSA) is 52.6 Å². The van der Waals surface area contributed by atoms with Gasteiger partial charge < -0.3 is 9.47 Å². The Morgan fingerprint density at radius 1 is 0.370 bits per heavy atom. The maximum atomic E-state index is 12.7. The molecule has 0 aliphatic rings. The van der Waals surface area contributed by atoms with Crippen molar-refractivity contribution in [3.63, 3.8) is 0 Å². The van der Waals surface area contributed by atoms with E-state index in [9.17, 15) is 9.59 Å². The minimum Gasteiger partial charge on any atom is -0.462 e. The smallest absolute Gasteiger partial charge is 0.306 e. The van der Waals surface area contributed by atoms with Crippen LogP contribution in [0.15, 0.2) is 0 Å². The molecule has 0 aromatic carbocycles. The van der Waals surface area contributed by atoms with Crippen molar-refractivity contribution in [2.75, 3.05) is 6.61 Å². The van der Waals surface area contributed by atoms with Crippen LogP contribution in [-0.4, -0.2) is 24.6 Å². The Hall–Kier alpha value is -1.06. The summed E-state index contributed by atoms with van der Waals surface area (Å²) in [6.45, 7) is 7.02. The third-order valence-electron chi connectivity index (χ3n) is 9.58. The monoisotopic (exact) mass is 651 g/mol. The average Bonchev–Trinajstić information content (AvgIpc) is 3.05. The third-order valence-corrected chi connectivity index (χ3v) is 9.58. The molecule has 274 valence electrons. The molecule has 1 atom stereocenters. The summed E-state index contributed by atoms with van der Waals surface area (Å²) in [5.74, 6) is -0.250. The molecule has 4 heteroatoms. The zero-order chi connectivity index (χ0) is 33.6. The Bertz CT molecular complexity index is 619. The lowest BCUT2D eigenvalue weighted by molar-refractivity contribution is -0.159. The van der Waals surface area contributed by atoms with Crippen LogP contribution in [0.25, 0.3) is 0 Å². The van der Waals surface area contributed by atoms with E-state index in [1.807, 2.05) is 0 Å². The van der Waals surface area contributed by atoms with Gasteiger partial charge in [0.05, 0.1) is 0 Å². The van der Waals surface area contributed by atoms with Gasteiger partial charge >= 0.3 is 11.9 Å². The maximum Gasteiger partial charge on any atom is 0.306 e. The van der Waals surface area contributed by atoms with Crippen molar-refractivity contribution in [1.29, 1.82) is 0 Å². The molecule has 0 rings (SSSR count). The minimum atomic E-state index is -0.296. The lowest BCUT2D eigenvalue weighted by Gasteiger charge is -2.18. The van der Waals surface area contributed by atoms with E-state index in [4.69, 9.17) is 9.47 Å². The van der Waals surface area contributed by atoms with Gasteiger partial charge in [-0.25, -0.2) is 0 Å². The lowest BCUT2D eigenvalue weighted by Crippen LogP contribution is -2.25. The quantitative estimate of drug-likeness (QED) is 0.0493. The van der Waals surface area contributed by atoms with Crippen molar-refractivity contribution in [3.05, 3.63) is 0 Å². The number of carbonyl (C=O) groups excluding carboxylic acids is 2. The molecule has 0 bridgehead atoms. The summed E-state index contributed by atoms with van der Waals surface area (Å²) in [5, 5.41) is 0. The molecule has 0 N–H and O–H groups in total. The summed E-state index contributed by atoms with van der Waals surface area (Å²) in [6, 6.07) is 0. The summed E-state index contributed by atoms with van der Waals surface area (Å²) in [7, 11) is 0. The van der Waals surface area contributed by atoms with Gasteiger partial charge in [-0.15, -0.1) is 0 Å². The number of unbranched alkanes of at least 4 members (excludes halogenated alkanes) is 29. The maximum absolute atomic E-state index is 12.7. The molecular weight excluding hydrogens is 568 g/mol. The van der Waals surface area contributed by atoms with E-state index in [1.54, 1.807) is 0 Å². The van der Waals surface area contributed by atoms with E-state index in [2.05, 4.69) is 20.8 Å². The summed E-state index contributed by atoms with van der Waals surface area (Å²) >= 11 is 0. The molecule has 0 aromatic rings. The summed E-state index contributed by atoms with van der Waals surface area (Å²) < 4.78 is 11.5. The number of ether oxygens (including phenoxy) is 2. The number of hydrogen-bond acceptors (Lipinski definition) is 4. The van der Waals surface area contributed by atoms with Crippen molar-refractivity contribution in [2.45, 2.75) is 252 Å². The molecule has 1 unspecified atom stereocenters. The van der Waals surface area contributed by atoms with E-state index in [1.165, 1.54) is 167 Å². The Morgan fingerprint density at radius 2 is 0.652 bits per heavy atom. The van der Waals surface area contributed by atoms with Gasteiger partial charge in [-0.3, -0.25) is 9.59 Å². The highest BCUT2D eigenvalue weighted by Crippen LogP contribution is 2.17. The van der Waals surface area contributed by atoms with E-state index in [0.717, 1.165) is 44.9 Å². The van der Waals surface area contributed by atoms with Crippen molar-refractivity contribution in [2.24, 2.45) is 0 Å². The van der Waals surface area contributed by atoms with Crippen molar-refractivity contribution in [1.82, 2.24) is 0 Å². The van der Waals surface area contributed by atoms with Gasteiger partial charge in [0.15, 0.2) is 0 Å². The molecular formula is C42H82O4. The van der Waals surface area contributed by atoms with Crippen LogP contribution in [-0.2, 0) is 19.1 Å². The van der Waals surface area contributed by atoms with Crippen molar-refractivity contribution in [3.8, 4) is 0 Å². The van der Waals surface area contributed by atoms with E-state index < -0.39 is 0 Å². The molecule has 0 spiro atoms. The minimum absolute atomic E-state index is 0.116. The Kier molecular flexibility index (Phi) is 37.5. The van der Waals surface area contributed by atoms with Crippen LogP contribution < -0.4 is 0 Å². The van der Waals surface area contributed by atoms with Crippen LogP contribution >= 0.6 is 0 Å². The molecule has 0 radical (unpaired) electrons. The number of rotatable bonds is 38. The molecule has 0 heterocycles. The molecule has 46 heavy (non-hydrogen) atoms. The van der Waals surface area contributed by atoms with Crippen LogP contribution in [0.5, 0.6) is 0 Å². The lowest BCUT2D eigenvalue weighted by atomic mass is 10.0. The van der Waals surface area contributed by atoms with Crippen LogP contribution in [0.3, 0.4) is 0 Å². The van der Waals surface area contributed by atoms with Gasteiger partial charge in [0.25, 0.3) is 0 Å². The second-order valence-corrected chi connectivity index (χ2v) is 14.3. The first-order valence-electron chi connectivity index (χ1n) is 21.0. The van der Waals surface area contributed by atoms with E-state index in [0.29, 0.717) is 12.8 Å². The number of esters is 2. The molecule has 0 saturated carbocycles. The molecule has 4 nitrogen and oxygen atoms in total. The zero-order valence-corrected chi connectivity index (χ0v) is 31.7.